The highest BCUT2D eigenvalue weighted by Gasteiger charge is 2.32. The van der Waals surface area contributed by atoms with E-state index in [-0.39, 0.29) is 38.5 Å². The predicted octanol–water partition coefficient (Wildman–Crippen LogP) is 7.22. The number of alkyl carbamates (subject to hydrolysis) is 2. The first-order chi connectivity index (χ1) is 22.9. The Balaban J connectivity index is 1.45. The van der Waals surface area contributed by atoms with Gasteiger partial charge in [-0.3, -0.25) is 9.59 Å². The number of fused-ring (bicyclic) bond motifs is 3. The highest BCUT2D eigenvalue weighted by atomic mass is 35.6. The molecule has 3 N–H and O–H groups in total. The van der Waals surface area contributed by atoms with Crippen molar-refractivity contribution in [3.05, 3.63) is 95.6 Å². The average Bonchev–Trinajstić information content (AvgIpc) is 3.39. The van der Waals surface area contributed by atoms with Crippen molar-refractivity contribution >= 4 is 58.9 Å². The van der Waals surface area contributed by atoms with Crippen molar-refractivity contribution in [3.8, 4) is 11.1 Å². The summed E-state index contributed by atoms with van der Waals surface area (Å²) in [5.74, 6) is -1.67. The van der Waals surface area contributed by atoms with Crippen LogP contribution in [0.25, 0.3) is 11.1 Å². The molecule has 256 valence electrons. The predicted molar refractivity (Wildman–Crippen MR) is 184 cm³/mol. The zero-order valence-electron chi connectivity index (χ0n) is 26.4. The topological polar surface area (TPSA) is 134 Å². The maximum Gasteiger partial charge on any atom is 0.407 e. The van der Waals surface area contributed by atoms with Crippen LogP contribution in [0.4, 0.5) is 9.59 Å². The highest BCUT2D eigenvalue weighted by Crippen LogP contribution is 2.44. The molecule has 0 fully saturated rings. The Bertz CT molecular complexity index is 1520. The summed E-state index contributed by atoms with van der Waals surface area (Å²) in [5, 5.41) is 14.7. The van der Waals surface area contributed by atoms with Gasteiger partial charge in [-0.05, 0) is 54.0 Å². The molecule has 0 saturated carbocycles. The fraction of sp³-hybridized carbons (Fsp3) is 0.371. The number of nitrogens with zero attached hydrogens (tertiary/aromatic N) is 1. The number of rotatable bonds is 15. The quantitative estimate of drug-likeness (QED) is 0.112. The second-order valence-corrected chi connectivity index (χ2v) is 13.9. The molecule has 0 aromatic heterocycles. The third-order valence-corrected chi connectivity index (χ3v) is 8.42. The minimum atomic E-state index is -1.74. The summed E-state index contributed by atoms with van der Waals surface area (Å²) >= 11 is 16.8. The molecule has 48 heavy (non-hydrogen) atoms. The van der Waals surface area contributed by atoms with Crippen molar-refractivity contribution < 1.29 is 33.8 Å². The lowest BCUT2D eigenvalue weighted by atomic mass is 9.98. The molecule has 13 heteroatoms. The van der Waals surface area contributed by atoms with Crippen LogP contribution >= 0.6 is 34.8 Å². The summed E-state index contributed by atoms with van der Waals surface area (Å²) in [7, 11) is 0. The lowest BCUT2D eigenvalue weighted by Gasteiger charge is -2.33. The third kappa shape index (κ3) is 10.5. The first-order valence-electron chi connectivity index (χ1n) is 15.6. The lowest BCUT2D eigenvalue weighted by Crippen LogP contribution is -2.50. The van der Waals surface area contributed by atoms with Gasteiger partial charge in [0.25, 0.3) is 0 Å². The molecule has 3 aromatic carbocycles. The van der Waals surface area contributed by atoms with Crippen molar-refractivity contribution in [3.63, 3.8) is 0 Å². The second kappa shape index (κ2) is 17.4. The van der Waals surface area contributed by atoms with Crippen LogP contribution in [0.3, 0.4) is 0 Å². The Kier molecular flexibility index (Phi) is 13.4. The van der Waals surface area contributed by atoms with E-state index >= 15 is 0 Å². The van der Waals surface area contributed by atoms with Crippen molar-refractivity contribution in [2.45, 2.75) is 54.4 Å². The molecule has 0 heterocycles. The van der Waals surface area contributed by atoms with Gasteiger partial charge in [0.1, 0.15) is 19.3 Å². The van der Waals surface area contributed by atoms with E-state index in [0.717, 1.165) is 27.8 Å². The number of nitrogens with one attached hydrogen (secondary N) is 2. The molecule has 10 nitrogen and oxygen atoms in total. The van der Waals surface area contributed by atoms with Crippen LogP contribution in [0.2, 0.25) is 0 Å². The monoisotopic (exact) mass is 717 g/mol. The Hall–Kier alpha value is -3.99. The third-order valence-electron chi connectivity index (χ3n) is 8.09. The minimum absolute atomic E-state index is 0.0597. The van der Waals surface area contributed by atoms with E-state index < -0.39 is 46.5 Å². The molecular weight excluding hydrogens is 681 g/mol. The van der Waals surface area contributed by atoms with Gasteiger partial charge < -0.3 is 30.1 Å². The number of alkyl halides is 3. The van der Waals surface area contributed by atoms with Crippen molar-refractivity contribution in [2.75, 3.05) is 26.3 Å². The molecule has 0 bridgehead atoms. The average molecular weight is 719 g/mol. The van der Waals surface area contributed by atoms with Gasteiger partial charge in [0.2, 0.25) is 9.70 Å². The van der Waals surface area contributed by atoms with Crippen molar-refractivity contribution in [1.29, 1.82) is 0 Å². The molecule has 0 saturated heterocycles. The number of halogens is 3. The number of unbranched alkanes of at least 4 members (excludes halogenated alkanes) is 1. The molecule has 0 unspecified atom stereocenters. The maximum absolute atomic E-state index is 14.1. The molecule has 2 atom stereocenters. The number of hydrogen-bond donors (Lipinski definition) is 3. The van der Waals surface area contributed by atoms with E-state index in [1.807, 2.05) is 85.8 Å². The molecule has 3 aromatic rings. The van der Waals surface area contributed by atoms with Gasteiger partial charge in [-0.15, -0.1) is 0 Å². The van der Waals surface area contributed by atoms with Crippen LogP contribution < -0.4 is 10.6 Å². The normalized spacial score (nSPS) is 13.4. The Morgan fingerprint density at radius 3 is 2.06 bits per heavy atom. The van der Waals surface area contributed by atoms with E-state index in [0.29, 0.717) is 12.8 Å². The van der Waals surface area contributed by atoms with E-state index in [1.165, 1.54) is 4.90 Å². The summed E-state index contributed by atoms with van der Waals surface area (Å²) in [6, 6.07) is 23.7. The summed E-state index contributed by atoms with van der Waals surface area (Å²) in [6.45, 7) is 1.59. The molecule has 0 radical (unpaired) electrons. The van der Waals surface area contributed by atoms with Crippen molar-refractivity contribution in [1.82, 2.24) is 15.5 Å². The summed E-state index contributed by atoms with van der Waals surface area (Å²) < 4.78 is 8.85. The number of benzene rings is 3. The number of carboxylic acids is 1. The van der Waals surface area contributed by atoms with Crippen LogP contribution in [0, 0.1) is 0 Å². The van der Waals surface area contributed by atoms with Gasteiger partial charge in [-0.1, -0.05) is 114 Å². The fourth-order valence-electron chi connectivity index (χ4n) is 5.72. The molecule has 0 aliphatic heterocycles. The van der Waals surface area contributed by atoms with Gasteiger partial charge in [0.15, 0.2) is 0 Å². The molecule has 1 aliphatic rings. The standard InChI is InChI=1S/C35H38Cl3N3O7/c1-23(24-11-3-2-4-12-24)41(20-18-31(42)43)32(44)30(17-9-10-19-39-33(45)48-22-35(36,37)38)40-34(46)47-21-29-27-15-7-5-13-25(27)26-14-6-8-16-28(26)29/h2-8,11-16,23,29-30H,9-10,17-22H2,1H3,(H,39,45)(H,40,46)(H,42,43)/t23-,30-/m0/s1. The maximum atomic E-state index is 14.1. The summed E-state index contributed by atoms with van der Waals surface area (Å²) in [4.78, 5) is 52.3. The first kappa shape index (κ1) is 36.8. The number of amides is 3. The number of aliphatic carboxylic acids is 1. The Morgan fingerprint density at radius 2 is 1.46 bits per heavy atom. The van der Waals surface area contributed by atoms with Crippen LogP contribution in [0.1, 0.15) is 61.3 Å². The molecule has 4 rings (SSSR count). The van der Waals surface area contributed by atoms with Gasteiger partial charge in [0, 0.05) is 19.0 Å². The Morgan fingerprint density at radius 1 is 0.854 bits per heavy atom. The highest BCUT2D eigenvalue weighted by molar-refractivity contribution is 6.67. The molecular formula is C35H38Cl3N3O7. The number of carbonyl (C=O) groups is 4. The minimum Gasteiger partial charge on any atom is -0.481 e. The number of carboxylic acid groups (broad SMARTS) is 1. The van der Waals surface area contributed by atoms with E-state index in [1.54, 1.807) is 0 Å². The SMILES string of the molecule is C[C@@H](c1ccccc1)N(CCC(=O)O)C(=O)[C@H](CCCCNC(=O)OCC(Cl)(Cl)Cl)NC(=O)OCC1c2ccccc2-c2ccccc21. The smallest absolute Gasteiger partial charge is 0.407 e. The number of carbonyl (C=O) groups excluding carboxylic acids is 3. The molecule has 1 aliphatic carbocycles. The van der Waals surface area contributed by atoms with Gasteiger partial charge in [-0.2, -0.15) is 0 Å². The summed E-state index contributed by atoms with van der Waals surface area (Å²) in [5.41, 5.74) is 5.09. The van der Waals surface area contributed by atoms with Gasteiger partial charge >= 0.3 is 18.2 Å². The molecule has 0 spiro atoms. The Labute approximate surface area is 294 Å². The summed E-state index contributed by atoms with van der Waals surface area (Å²) in [6.07, 6.45) is -0.768. The van der Waals surface area contributed by atoms with Crippen LogP contribution in [-0.4, -0.2) is 70.2 Å². The van der Waals surface area contributed by atoms with Gasteiger partial charge in [-0.25, -0.2) is 9.59 Å². The van der Waals surface area contributed by atoms with Crippen LogP contribution in [0.5, 0.6) is 0 Å². The number of hydrogen-bond acceptors (Lipinski definition) is 6. The van der Waals surface area contributed by atoms with Crippen LogP contribution in [0.15, 0.2) is 78.9 Å². The first-order valence-corrected chi connectivity index (χ1v) is 16.7. The zero-order valence-corrected chi connectivity index (χ0v) is 28.6. The van der Waals surface area contributed by atoms with Crippen molar-refractivity contribution in [2.24, 2.45) is 0 Å². The number of ether oxygens (including phenoxy) is 2. The van der Waals surface area contributed by atoms with Crippen LogP contribution in [-0.2, 0) is 19.1 Å². The van der Waals surface area contributed by atoms with E-state index in [2.05, 4.69) is 10.6 Å². The van der Waals surface area contributed by atoms with Gasteiger partial charge in [0.05, 0.1) is 12.5 Å². The zero-order chi connectivity index (χ0) is 34.7. The second-order valence-electron chi connectivity index (χ2n) is 11.4. The van der Waals surface area contributed by atoms with E-state index in [9.17, 15) is 24.3 Å². The lowest BCUT2D eigenvalue weighted by molar-refractivity contribution is -0.140. The largest absolute Gasteiger partial charge is 0.481 e. The van der Waals surface area contributed by atoms with E-state index in [4.69, 9.17) is 44.3 Å². The fourth-order valence-corrected chi connectivity index (χ4v) is 5.89. The molecule has 3 amide bonds.